The lowest BCUT2D eigenvalue weighted by Crippen LogP contribution is -2.36. The molecule has 21 heavy (non-hydrogen) atoms. The van der Waals surface area contributed by atoms with Crippen LogP contribution < -0.4 is 10.6 Å². The molecule has 1 saturated heterocycles. The number of benzene rings is 1. The average Bonchev–Trinajstić information content (AvgIpc) is 2.78. The second-order valence-electron chi connectivity index (χ2n) is 6.23. The number of nitrogens with one attached hydrogen (secondary N) is 2. The Kier molecular flexibility index (Phi) is 4.09. The number of ether oxygens (including phenoxy) is 1. The third-order valence-corrected chi connectivity index (χ3v) is 4.55. The average molecular weight is 309 g/mol. The highest BCUT2D eigenvalue weighted by atomic mass is 35.5. The molecule has 114 valence electrons. The molecule has 0 radical (unpaired) electrons. The van der Waals surface area contributed by atoms with E-state index in [4.69, 9.17) is 16.3 Å². The highest BCUT2D eigenvalue weighted by Gasteiger charge is 2.26. The number of carbonyl (C=O) groups excluding carboxylic acids is 1. The van der Waals surface area contributed by atoms with Crippen molar-refractivity contribution in [2.24, 2.45) is 5.92 Å². The van der Waals surface area contributed by atoms with E-state index in [9.17, 15) is 4.79 Å². The lowest BCUT2D eigenvalue weighted by Gasteiger charge is -2.33. The molecule has 2 N–H and O–H groups in total. The third kappa shape index (κ3) is 3.16. The molecule has 5 heteroatoms. The van der Waals surface area contributed by atoms with Crippen LogP contribution in [0.3, 0.4) is 0 Å². The first-order valence-corrected chi connectivity index (χ1v) is 7.91. The van der Waals surface area contributed by atoms with Crippen molar-refractivity contribution in [2.75, 3.05) is 17.2 Å². The van der Waals surface area contributed by atoms with Gasteiger partial charge in [0.15, 0.2) is 0 Å². The SMILES string of the molecule is CC(C)C1CC(Nc2cc3c(cc2Cl)NC(=O)C3)CCO1. The molecule has 2 aliphatic rings. The molecular weight excluding hydrogens is 288 g/mol. The maximum Gasteiger partial charge on any atom is 0.228 e. The molecule has 0 aliphatic carbocycles. The summed E-state index contributed by atoms with van der Waals surface area (Å²) in [5, 5.41) is 7.00. The summed E-state index contributed by atoms with van der Waals surface area (Å²) in [6.07, 6.45) is 2.70. The van der Waals surface area contributed by atoms with E-state index >= 15 is 0 Å². The quantitative estimate of drug-likeness (QED) is 0.899. The topological polar surface area (TPSA) is 50.4 Å². The van der Waals surface area contributed by atoms with E-state index < -0.39 is 0 Å². The van der Waals surface area contributed by atoms with Gasteiger partial charge in [-0.25, -0.2) is 0 Å². The molecule has 0 saturated carbocycles. The minimum Gasteiger partial charge on any atom is -0.381 e. The van der Waals surface area contributed by atoms with Crippen LogP contribution in [0.5, 0.6) is 0 Å². The van der Waals surface area contributed by atoms with Gasteiger partial charge in [0.1, 0.15) is 0 Å². The largest absolute Gasteiger partial charge is 0.381 e. The summed E-state index contributed by atoms with van der Waals surface area (Å²) in [6, 6.07) is 4.20. The Morgan fingerprint density at radius 3 is 3.00 bits per heavy atom. The first-order chi connectivity index (χ1) is 10.0. The molecule has 1 fully saturated rings. The summed E-state index contributed by atoms with van der Waals surface area (Å²) >= 11 is 6.33. The van der Waals surface area contributed by atoms with Gasteiger partial charge in [-0.15, -0.1) is 0 Å². The third-order valence-electron chi connectivity index (χ3n) is 4.24. The van der Waals surface area contributed by atoms with Crippen molar-refractivity contribution in [3.63, 3.8) is 0 Å². The predicted octanol–water partition coefficient (Wildman–Crippen LogP) is 3.45. The Balaban J connectivity index is 1.73. The maximum atomic E-state index is 11.4. The highest BCUT2D eigenvalue weighted by Crippen LogP contribution is 2.34. The van der Waals surface area contributed by atoms with E-state index in [1.165, 1.54) is 0 Å². The van der Waals surface area contributed by atoms with Crippen LogP contribution in [0.2, 0.25) is 5.02 Å². The van der Waals surface area contributed by atoms with Gasteiger partial charge in [-0.3, -0.25) is 4.79 Å². The molecule has 0 bridgehead atoms. The molecule has 1 aromatic carbocycles. The molecule has 4 nitrogen and oxygen atoms in total. The summed E-state index contributed by atoms with van der Waals surface area (Å²) in [5.41, 5.74) is 2.77. The first-order valence-electron chi connectivity index (χ1n) is 7.53. The molecular formula is C16H21ClN2O2. The van der Waals surface area contributed by atoms with Crippen LogP contribution in [0, 0.1) is 5.92 Å². The predicted molar refractivity (Wildman–Crippen MR) is 85.0 cm³/mol. The van der Waals surface area contributed by atoms with E-state index in [-0.39, 0.29) is 5.91 Å². The van der Waals surface area contributed by atoms with Gasteiger partial charge in [0.05, 0.1) is 23.2 Å². The normalized spacial score (nSPS) is 24.9. The Bertz CT molecular complexity index is 559. The van der Waals surface area contributed by atoms with Crippen molar-refractivity contribution in [3.05, 3.63) is 22.7 Å². The van der Waals surface area contributed by atoms with Crippen LogP contribution >= 0.6 is 11.6 Å². The number of halogens is 1. The van der Waals surface area contributed by atoms with Gasteiger partial charge in [-0.05, 0) is 36.5 Å². The Morgan fingerprint density at radius 1 is 1.43 bits per heavy atom. The minimum atomic E-state index is 0.0316. The number of anilines is 2. The summed E-state index contributed by atoms with van der Waals surface area (Å²) in [5.74, 6) is 0.552. The summed E-state index contributed by atoms with van der Waals surface area (Å²) in [4.78, 5) is 11.4. The van der Waals surface area contributed by atoms with Crippen molar-refractivity contribution in [2.45, 2.75) is 45.3 Å². The molecule has 0 spiro atoms. The first kappa shape index (κ1) is 14.7. The minimum absolute atomic E-state index is 0.0316. The van der Waals surface area contributed by atoms with Gasteiger partial charge in [0.25, 0.3) is 0 Å². The zero-order chi connectivity index (χ0) is 15.0. The Morgan fingerprint density at radius 2 is 2.24 bits per heavy atom. The second kappa shape index (κ2) is 5.85. The van der Waals surface area contributed by atoms with Gasteiger partial charge < -0.3 is 15.4 Å². The summed E-state index contributed by atoms with van der Waals surface area (Å²) < 4.78 is 5.80. The number of hydrogen-bond donors (Lipinski definition) is 2. The van der Waals surface area contributed by atoms with Gasteiger partial charge in [-0.1, -0.05) is 25.4 Å². The van der Waals surface area contributed by atoms with E-state index in [2.05, 4.69) is 24.5 Å². The van der Waals surface area contributed by atoms with Crippen molar-refractivity contribution < 1.29 is 9.53 Å². The van der Waals surface area contributed by atoms with Crippen LogP contribution in [-0.4, -0.2) is 24.7 Å². The number of hydrogen-bond acceptors (Lipinski definition) is 3. The highest BCUT2D eigenvalue weighted by molar-refractivity contribution is 6.33. The maximum absolute atomic E-state index is 11.4. The fourth-order valence-electron chi connectivity index (χ4n) is 3.00. The lowest BCUT2D eigenvalue weighted by atomic mass is 9.95. The summed E-state index contributed by atoms with van der Waals surface area (Å²) in [6.45, 7) is 5.16. The molecule has 0 aromatic heterocycles. The lowest BCUT2D eigenvalue weighted by molar-refractivity contribution is -0.115. The fraction of sp³-hybridized carbons (Fsp3) is 0.562. The molecule has 2 heterocycles. The number of amides is 1. The van der Waals surface area contributed by atoms with E-state index in [1.807, 2.05) is 12.1 Å². The summed E-state index contributed by atoms with van der Waals surface area (Å²) in [7, 11) is 0. The number of fused-ring (bicyclic) bond motifs is 1. The number of carbonyl (C=O) groups is 1. The van der Waals surface area contributed by atoms with Gasteiger partial charge >= 0.3 is 0 Å². The zero-order valence-electron chi connectivity index (χ0n) is 12.4. The van der Waals surface area contributed by atoms with Crippen molar-refractivity contribution in [1.29, 1.82) is 0 Å². The van der Waals surface area contributed by atoms with Crippen LogP contribution in [0.1, 0.15) is 32.3 Å². The van der Waals surface area contributed by atoms with E-state index in [0.717, 1.165) is 36.4 Å². The van der Waals surface area contributed by atoms with Crippen LogP contribution in [-0.2, 0) is 16.0 Å². The van der Waals surface area contributed by atoms with Gasteiger partial charge in [-0.2, -0.15) is 0 Å². The zero-order valence-corrected chi connectivity index (χ0v) is 13.2. The Hall–Kier alpha value is -1.26. The molecule has 2 unspecified atom stereocenters. The molecule has 2 aliphatic heterocycles. The Labute approximate surface area is 130 Å². The smallest absolute Gasteiger partial charge is 0.228 e. The molecule has 2 atom stereocenters. The second-order valence-corrected chi connectivity index (χ2v) is 6.64. The van der Waals surface area contributed by atoms with E-state index in [0.29, 0.717) is 29.5 Å². The van der Waals surface area contributed by atoms with Gasteiger partial charge in [0, 0.05) is 18.3 Å². The molecule has 1 aromatic rings. The van der Waals surface area contributed by atoms with Crippen molar-refractivity contribution >= 4 is 28.9 Å². The van der Waals surface area contributed by atoms with Crippen LogP contribution in [0.25, 0.3) is 0 Å². The van der Waals surface area contributed by atoms with Crippen LogP contribution in [0.15, 0.2) is 12.1 Å². The monoisotopic (exact) mass is 308 g/mol. The van der Waals surface area contributed by atoms with Gasteiger partial charge in [0.2, 0.25) is 5.91 Å². The van der Waals surface area contributed by atoms with Crippen molar-refractivity contribution in [3.8, 4) is 0 Å². The molecule has 1 amide bonds. The van der Waals surface area contributed by atoms with Crippen molar-refractivity contribution in [1.82, 2.24) is 0 Å². The fourth-order valence-corrected chi connectivity index (χ4v) is 3.22. The van der Waals surface area contributed by atoms with E-state index in [1.54, 1.807) is 0 Å². The number of rotatable bonds is 3. The van der Waals surface area contributed by atoms with Crippen LogP contribution in [0.4, 0.5) is 11.4 Å². The standard InChI is InChI=1S/C16H21ClN2O2/c1-9(2)15-7-11(3-4-21-15)18-14-5-10-6-16(20)19-13(10)8-12(14)17/h5,8-9,11,15,18H,3-4,6-7H2,1-2H3,(H,19,20). The molecule has 3 rings (SSSR count).